The first-order valence-electron chi connectivity index (χ1n) is 4.21. The number of carbonyl (C=O) groups is 1. The molecule has 2 aromatic rings. The van der Waals surface area contributed by atoms with Crippen LogP contribution in [0.25, 0.3) is 17.1 Å². The molecule has 2 N–H and O–H groups in total. The highest BCUT2D eigenvalue weighted by Crippen LogP contribution is 2.17. The van der Waals surface area contributed by atoms with Crippen LogP contribution < -0.4 is 0 Å². The molecule has 1 aromatic carbocycles. The minimum atomic E-state index is -1.01. The Kier molecular flexibility index (Phi) is 2.43. The predicted octanol–water partition coefficient (Wildman–Crippen LogP) is 2.31. The quantitative estimate of drug-likeness (QED) is 0.767. The first kappa shape index (κ1) is 9.73. The highest BCUT2D eigenvalue weighted by Gasteiger charge is 2.00. The maximum absolute atomic E-state index is 10.3. The molecule has 0 unspecified atom stereocenters. The van der Waals surface area contributed by atoms with E-state index >= 15 is 0 Å². The zero-order chi connectivity index (χ0) is 10.8. The van der Waals surface area contributed by atoms with Crippen LogP contribution in [0.15, 0.2) is 24.3 Å². The van der Waals surface area contributed by atoms with Gasteiger partial charge >= 0.3 is 5.97 Å². The molecule has 0 fully saturated rings. The zero-order valence-corrected chi connectivity index (χ0v) is 8.32. The second-order valence-electron chi connectivity index (χ2n) is 2.96. The van der Waals surface area contributed by atoms with Crippen molar-refractivity contribution in [2.24, 2.45) is 0 Å². The molecule has 4 nitrogen and oxygen atoms in total. The largest absolute Gasteiger partial charge is 0.478 e. The molecule has 0 saturated carbocycles. The molecule has 0 bridgehead atoms. The molecule has 0 amide bonds. The number of carboxylic acids is 1. The van der Waals surface area contributed by atoms with E-state index < -0.39 is 5.97 Å². The monoisotopic (exact) mass is 222 g/mol. The molecule has 0 atom stereocenters. The first-order valence-corrected chi connectivity index (χ1v) is 4.59. The number of imidazole rings is 1. The third-order valence-electron chi connectivity index (χ3n) is 1.85. The summed E-state index contributed by atoms with van der Waals surface area (Å²) in [6.07, 6.45) is 2.43. The average molecular weight is 223 g/mol. The summed E-state index contributed by atoms with van der Waals surface area (Å²) in [6, 6.07) is 5.25. The lowest BCUT2D eigenvalue weighted by molar-refractivity contribution is -0.131. The van der Waals surface area contributed by atoms with Gasteiger partial charge in [0.2, 0.25) is 0 Å². The Labute approximate surface area is 90.2 Å². The van der Waals surface area contributed by atoms with E-state index in [1.54, 1.807) is 18.2 Å². The number of aromatic nitrogens is 2. The van der Waals surface area contributed by atoms with E-state index in [-0.39, 0.29) is 0 Å². The second-order valence-corrected chi connectivity index (χ2v) is 3.39. The van der Waals surface area contributed by atoms with Crippen LogP contribution >= 0.6 is 11.6 Å². The number of aliphatic carboxylic acids is 1. The van der Waals surface area contributed by atoms with Crippen LogP contribution in [-0.2, 0) is 4.79 Å². The van der Waals surface area contributed by atoms with Crippen LogP contribution in [0, 0.1) is 0 Å². The van der Waals surface area contributed by atoms with E-state index in [1.165, 1.54) is 6.08 Å². The number of benzene rings is 1. The zero-order valence-electron chi connectivity index (χ0n) is 7.57. The molecule has 0 radical (unpaired) electrons. The summed E-state index contributed by atoms with van der Waals surface area (Å²) in [6.45, 7) is 0. The lowest BCUT2D eigenvalue weighted by atomic mass is 10.3. The van der Waals surface area contributed by atoms with Crippen molar-refractivity contribution >= 4 is 34.7 Å². The van der Waals surface area contributed by atoms with Gasteiger partial charge in [-0.25, -0.2) is 9.78 Å². The Morgan fingerprint density at radius 2 is 2.33 bits per heavy atom. The highest BCUT2D eigenvalue weighted by molar-refractivity contribution is 6.31. The molecule has 0 aliphatic rings. The fourth-order valence-corrected chi connectivity index (χ4v) is 1.39. The molecule has 0 saturated heterocycles. The number of rotatable bonds is 2. The number of hydrogen-bond acceptors (Lipinski definition) is 2. The van der Waals surface area contributed by atoms with Gasteiger partial charge in [0.25, 0.3) is 0 Å². The normalized spacial score (nSPS) is 11.3. The molecule has 1 aromatic heterocycles. The van der Waals surface area contributed by atoms with Crippen molar-refractivity contribution in [3.63, 3.8) is 0 Å². The van der Waals surface area contributed by atoms with Crippen molar-refractivity contribution in [1.29, 1.82) is 0 Å². The molecule has 0 aliphatic heterocycles. The summed E-state index contributed by atoms with van der Waals surface area (Å²) in [5, 5.41) is 9.04. The van der Waals surface area contributed by atoms with Gasteiger partial charge in [-0.1, -0.05) is 11.6 Å². The molecule has 0 aliphatic carbocycles. The van der Waals surface area contributed by atoms with Gasteiger partial charge in [-0.05, 0) is 24.3 Å². The number of fused-ring (bicyclic) bond motifs is 1. The number of hydrogen-bond donors (Lipinski definition) is 2. The van der Waals surface area contributed by atoms with Crippen LogP contribution in [0.1, 0.15) is 5.82 Å². The van der Waals surface area contributed by atoms with Crippen molar-refractivity contribution in [3.05, 3.63) is 35.1 Å². The summed E-state index contributed by atoms with van der Waals surface area (Å²) in [4.78, 5) is 17.4. The number of H-pyrrole nitrogens is 1. The van der Waals surface area contributed by atoms with Crippen LogP contribution in [0.2, 0.25) is 5.02 Å². The summed E-state index contributed by atoms with van der Waals surface area (Å²) < 4.78 is 0. The molecule has 76 valence electrons. The Hall–Kier alpha value is -1.81. The van der Waals surface area contributed by atoms with Gasteiger partial charge in [0.05, 0.1) is 11.0 Å². The van der Waals surface area contributed by atoms with Crippen molar-refractivity contribution in [1.82, 2.24) is 9.97 Å². The number of nitrogens with zero attached hydrogens (tertiary/aromatic N) is 1. The van der Waals surface area contributed by atoms with E-state index in [1.807, 2.05) is 0 Å². The molecule has 5 heteroatoms. The molecule has 1 heterocycles. The van der Waals surface area contributed by atoms with Crippen LogP contribution in [0.3, 0.4) is 0 Å². The van der Waals surface area contributed by atoms with E-state index in [9.17, 15) is 4.79 Å². The van der Waals surface area contributed by atoms with E-state index in [4.69, 9.17) is 16.7 Å². The smallest absolute Gasteiger partial charge is 0.328 e. The summed E-state index contributed by atoms with van der Waals surface area (Å²) >= 11 is 5.79. The van der Waals surface area contributed by atoms with Crippen LogP contribution in [0.5, 0.6) is 0 Å². The van der Waals surface area contributed by atoms with Gasteiger partial charge in [0.1, 0.15) is 5.82 Å². The van der Waals surface area contributed by atoms with Gasteiger partial charge in [0, 0.05) is 11.1 Å². The second kappa shape index (κ2) is 3.74. The van der Waals surface area contributed by atoms with Gasteiger partial charge in [-0.3, -0.25) is 0 Å². The number of carboxylic acid groups (broad SMARTS) is 1. The SMILES string of the molecule is O=C(O)C=Cc1nc2cc(Cl)ccc2[nH]1. The van der Waals surface area contributed by atoms with E-state index in [0.29, 0.717) is 16.4 Å². The van der Waals surface area contributed by atoms with Crippen molar-refractivity contribution in [2.75, 3.05) is 0 Å². The Morgan fingerprint density at radius 1 is 1.53 bits per heavy atom. The maximum Gasteiger partial charge on any atom is 0.328 e. The average Bonchev–Trinajstić information content (AvgIpc) is 2.56. The minimum absolute atomic E-state index is 0.495. The Balaban J connectivity index is 2.43. The third-order valence-corrected chi connectivity index (χ3v) is 2.08. The van der Waals surface area contributed by atoms with Crippen molar-refractivity contribution < 1.29 is 9.90 Å². The number of halogens is 1. The predicted molar refractivity (Wildman–Crippen MR) is 57.8 cm³/mol. The van der Waals surface area contributed by atoms with E-state index in [2.05, 4.69) is 9.97 Å². The first-order chi connectivity index (χ1) is 7.15. The molecular weight excluding hydrogens is 216 g/mol. The van der Waals surface area contributed by atoms with Crippen molar-refractivity contribution in [2.45, 2.75) is 0 Å². The van der Waals surface area contributed by atoms with Gasteiger partial charge in [0.15, 0.2) is 0 Å². The summed E-state index contributed by atoms with van der Waals surface area (Å²) in [5.74, 6) is -0.511. The van der Waals surface area contributed by atoms with Crippen LogP contribution in [0.4, 0.5) is 0 Å². The fraction of sp³-hybridized carbons (Fsp3) is 0. The molecule has 0 spiro atoms. The maximum atomic E-state index is 10.3. The topological polar surface area (TPSA) is 66.0 Å². The fourth-order valence-electron chi connectivity index (χ4n) is 1.23. The van der Waals surface area contributed by atoms with E-state index in [0.717, 1.165) is 11.6 Å². The lowest BCUT2D eigenvalue weighted by Gasteiger charge is -1.87. The van der Waals surface area contributed by atoms with Gasteiger partial charge in [-0.2, -0.15) is 0 Å². The minimum Gasteiger partial charge on any atom is -0.478 e. The Bertz CT molecular complexity index is 545. The summed E-state index contributed by atoms with van der Waals surface area (Å²) in [7, 11) is 0. The van der Waals surface area contributed by atoms with Crippen LogP contribution in [-0.4, -0.2) is 21.0 Å². The number of aromatic amines is 1. The third kappa shape index (κ3) is 2.16. The molecule has 15 heavy (non-hydrogen) atoms. The lowest BCUT2D eigenvalue weighted by Crippen LogP contribution is -1.86. The van der Waals surface area contributed by atoms with Gasteiger partial charge < -0.3 is 10.1 Å². The number of nitrogens with one attached hydrogen (secondary N) is 1. The van der Waals surface area contributed by atoms with Crippen molar-refractivity contribution in [3.8, 4) is 0 Å². The Morgan fingerprint density at radius 3 is 3.07 bits per heavy atom. The standard InChI is InChI=1S/C10H7ClN2O2/c11-6-1-2-7-8(5-6)13-9(12-7)3-4-10(14)15/h1-5H,(H,12,13)(H,14,15). The van der Waals surface area contributed by atoms with Gasteiger partial charge in [-0.15, -0.1) is 0 Å². The molecule has 2 rings (SSSR count). The molecular formula is C10H7ClN2O2. The summed E-state index contributed by atoms with van der Waals surface area (Å²) in [5.41, 5.74) is 1.54. The highest BCUT2D eigenvalue weighted by atomic mass is 35.5.